The summed E-state index contributed by atoms with van der Waals surface area (Å²) < 4.78 is 4.47. The van der Waals surface area contributed by atoms with Gasteiger partial charge in [-0.15, -0.1) is 0 Å². The topological polar surface area (TPSA) is 63.6 Å². The number of allylic oxidation sites excluding steroid dienone is 1. The first-order chi connectivity index (χ1) is 6.47. The standard InChI is InChI=1S/C10H16O4/c1-7(2)4-5-8(6-9(11)12)10(13)14-3/h5,7H,4,6H2,1-3H3,(H,11,12)/b8-5+. The summed E-state index contributed by atoms with van der Waals surface area (Å²) in [5.41, 5.74) is 0.216. The fourth-order valence-corrected chi connectivity index (χ4v) is 0.900. The molecule has 0 radical (unpaired) electrons. The van der Waals surface area contributed by atoms with Gasteiger partial charge in [-0.25, -0.2) is 4.79 Å². The summed E-state index contributed by atoms with van der Waals surface area (Å²) in [4.78, 5) is 21.5. The lowest BCUT2D eigenvalue weighted by Crippen LogP contribution is -2.09. The number of carbonyl (C=O) groups is 2. The highest BCUT2D eigenvalue weighted by atomic mass is 16.5. The quantitative estimate of drug-likeness (QED) is 0.541. The first-order valence-corrected chi connectivity index (χ1v) is 4.46. The lowest BCUT2D eigenvalue weighted by Gasteiger charge is -2.04. The maximum Gasteiger partial charge on any atom is 0.333 e. The van der Waals surface area contributed by atoms with Crippen molar-refractivity contribution >= 4 is 11.9 Å². The first kappa shape index (κ1) is 12.7. The van der Waals surface area contributed by atoms with Crippen LogP contribution in [0.15, 0.2) is 11.6 Å². The average molecular weight is 200 g/mol. The summed E-state index contributed by atoms with van der Waals surface area (Å²) in [6, 6.07) is 0. The van der Waals surface area contributed by atoms with Crippen molar-refractivity contribution in [2.75, 3.05) is 7.11 Å². The fraction of sp³-hybridized carbons (Fsp3) is 0.600. The van der Waals surface area contributed by atoms with E-state index < -0.39 is 11.9 Å². The van der Waals surface area contributed by atoms with E-state index in [1.165, 1.54) is 7.11 Å². The number of esters is 1. The van der Waals surface area contributed by atoms with Crippen LogP contribution < -0.4 is 0 Å². The van der Waals surface area contributed by atoms with E-state index in [1.807, 2.05) is 13.8 Å². The maximum atomic E-state index is 11.1. The van der Waals surface area contributed by atoms with Crippen LogP contribution in [0.2, 0.25) is 0 Å². The van der Waals surface area contributed by atoms with Gasteiger partial charge in [-0.3, -0.25) is 4.79 Å². The van der Waals surface area contributed by atoms with E-state index in [4.69, 9.17) is 5.11 Å². The van der Waals surface area contributed by atoms with E-state index >= 15 is 0 Å². The van der Waals surface area contributed by atoms with E-state index in [-0.39, 0.29) is 12.0 Å². The molecule has 0 bridgehead atoms. The number of aliphatic carboxylic acids is 1. The number of carboxylic acids is 1. The normalized spacial score (nSPS) is 11.6. The summed E-state index contributed by atoms with van der Waals surface area (Å²) in [6.45, 7) is 3.98. The molecule has 80 valence electrons. The minimum Gasteiger partial charge on any atom is -0.481 e. The van der Waals surface area contributed by atoms with Gasteiger partial charge in [0.15, 0.2) is 0 Å². The number of hydrogen-bond donors (Lipinski definition) is 1. The average Bonchev–Trinajstić information content (AvgIpc) is 2.10. The molecule has 0 saturated carbocycles. The van der Waals surface area contributed by atoms with Crippen LogP contribution in [0.4, 0.5) is 0 Å². The Morgan fingerprint density at radius 1 is 1.43 bits per heavy atom. The molecule has 0 aliphatic carbocycles. The Morgan fingerprint density at radius 2 is 2.00 bits per heavy atom. The monoisotopic (exact) mass is 200 g/mol. The largest absolute Gasteiger partial charge is 0.481 e. The molecule has 0 aliphatic heterocycles. The molecule has 0 aromatic heterocycles. The van der Waals surface area contributed by atoms with Crippen molar-refractivity contribution in [2.45, 2.75) is 26.7 Å². The highest BCUT2D eigenvalue weighted by Gasteiger charge is 2.13. The third kappa shape index (κ3) is 5.35. The molecule has 0 unspecified atom stereocenters. The molecule has 0 aromatic carbocycles. The van der Waals surface area contributed by atoms with Gasteiger partial charge in [0.05, 0.1) is 13.5 Å². The first-order valence-electron chi connectivity index (χ1n) is 4.46. The van der Waals surface area contributed by atoms with Crippen molar-refractivity contribution in [1.82, 2.24) is 0 Å². The molecule has 0 heterocycles. The van der Waals surface area contributed by atoms with E-state index in [0.29, 0.717) is 12.3 Å². The number of rotatable bonds is 5. The lowest BCUT2D eigenvalue weighted by molar-refractivity contribution is -0.141. The predicted molar refractivity (Wildman–Crippen MR) is 51.8 cm³/mol. The SMILES string of the molecule is COC(=O)/C(=C/CC(C)C)CC(=O)O. The minimum atomic E-state index is -1.02. The molecule has 0 fully saturated rings. The van der Waals surface area contributed by atoms with Crippen LogP contribution in [0.1, 0.15) is 26.7 Å². The Hall–Kier alpha value is -1.32. The van der Waals surface area contributed by atoms with Crippen LogP contribution in [0.5, 0.6) is 0 Å². The zero-order valence-electron chi connectivity index (χ0n) is 8.74. The lowest BCUT2D eigenvalue weighted by atomic mass is 10.1. The zero-order chi connectivity index (χ0) is 11.1. The zero-order valence-corrected chi connectivity index (χ0v) is 8.74. The van der Waals surface area contributed by atoms with E-state index in [0.717, 1.165) is 0 Å². The third-order valence-corrected chi connectivity index (χ3v) is 1.62. The Kier molecular flexibility index (Phi) is 5.60. The summed E-state index contributed by atoms with van der Waals surface area (Å²) in [7, 11) is 1.24. The summed E-state index contributed by atoms with van der Waals surface area (Å²) in [6.07, 6.45) is 2.03. The van der Waals surface area contributed by atoms with Gasteiger partial charge in [0, 0.05) is 5.57 Å². The number of carboxylic acid groups (broad SMARTS) is 1. The van der Waals surface area contributed by atoms with Crippen LogP contribution in [0.25, 0.3) is 0 Å². The second-order valence-corrected chi connectivity index (χ2v) is 3.42. The number of ether oxygens (including phenoxy) is 1. The molecular formula is C10H16O4. The molecule has 0 aromatic rings. The van der Waals surface area contributed by atoms with Crippen LogP contribution in [0.3, 0.4) is 0 Å². The molecule has 4 heteroatoms. The van der Waals surface area contributed by atoms with Gasteiger partial charge < -0.3 is 9.84 Å². The van der Waals surface area contributed by atoms with Crippen molar-refractivity contribution in [3.8, 4) is 0 Å². The molecule has 0 saturated heterocycles. The molecule has 0 amide bonds. The smallest absolute Gasteiger partial charge is 0.333 e. The Morgan fingerprint density at radius 3 is 2.36 bits per heavy atom. The maximum absolute atomic E-state index is 11.1. The highest BCUT2D eigenvalue weighted by Crippen LogP contribution is 2.09. The second-order valence-electron chi connectivity index (χ2n) is 3.42. The van der Waals surface area contributed by atoms with Crippen molar-refractivity contribution in [3.63, 3.8) is 0 Å². The van der Waals surface area contributed by atoms with Gasteiger partial charge in [-0.1, -0.05) is 19.9 Å². The molecule has 4 nitrogen and oxygen atoms in total. The molecule has 0 spiro atoms. The fourth-order valence-electron chi connectivity index (χ4n) is 0.900. The molecule has 1 N–H and O–H groups in total. The van der Waals surface area contributed by atoms with Crippen molar-refractivity contribution in [1.29, 1.82) is 0 Å². The van der Waals surface area contributed by atoms with Crippen molar-refractivity contribution in [2.24, 2.45) is 5.92 Å². The van der Waals surface area contributed by atoms with E-state index in [1.54, 1.807) is 6.08 Å². The summed E-state index contributed by atoms with van der Waals surface area (Å²) in [5, 5.41) is 8.54. The van der Waals surface area contributed by atoms with Crippen LogP contribution in [-0.4, -0.2) is 24.2 Å². The van der Waals surface area contributed by atoms with Gasteiger partial charge in [0.1, 0.15) is 0 Å². The Labute approximate surface area is 83.6 Å². The van der Waals surface area contributed by atoms with Gasteiger partial charge in [0.25, 0.3) is 0 Å². The van der Waals surface area contributed by atoms with Crippen LogP contribution >= 0.6 is 0 Å². The Bertz CT molecular complexity index is 241. The van der Waals surface area contributed by atoms with Gasteiger partial charge in [0.2, 0.25) is 0 Å². The summed E-state index contributed by atoms with van der Waals surface area (Å²) in [5.74, 6) is -1.19. The molecular weight excluding hydrogens is 184 g/mol. The van der Waals surface area contributed by atoms with E-state index in [9.17, 15) is 9.59 Å². The number of methoxy groups -OCH3 is 1. The highest BCUT2D eigenvalue weighted by molar-refractivity contribution is 5.93. The third-order valence-electron chi connectivity index (χ3n) is 1.62. The molecule has 0 rings (SSSR count). The Balaban J connectivity index is 4.45. The van der Waals surface area contributed by atoms with Crippen molar-refractivity contribution in [3.05, 3.63) is 11.6 Å². The van der Waals surface area contributed by atoms with Crippen LogP contribution in [-0.2, 0) is 14.3 Å². The van der Waals surface area contributed by atoms with Gasteiger partial charge >= 0.3 is 11.9 Å². The number of carbonyl (C=O) groups excluding carboxylic acids is 1. The molecule has 0 aliphatic rings. The van der Waals surface area contributed by atoms with Crippen molar-refractivity contribution < 1.29 is 19.4 Å². The van der Waals surface area contributed by atoms with Gasteiger partial charge in [-0.2, -0.15) is 0 Å². The molecule has 0 atom stereocenters. The van der Waals surface area contributed by atoms with Gasteiger partial charge in [-0.05, 0) is 12.3 Å². The summed E-state index contributed by atoms with van der Waals surface area (Å²) >= 11 is 0. The van der Waals surface area contributed by atoms with Crippen LogP contribution in [0, 0.1) is 5.92 Å². The predicted octanol–water partition coefficient (Wildman–Crippen LogP) is 1.61. The molecule has 14 heavy (non-hydrogen) atoms. The van der Waals surface area contributed by atoms with E-state index in [2.05, 4.69) is 4.74 Å². The minimum absolute atomic E-state index is 0.216. The number of hydrogen-bond acceptors (Lipinski definition) is 3. The second kappa shape index (κ2) is 6.18.